The molecule has 0 aliphatic heterocycles. The van der Waals surface area contributed by atoms with E-state index >= 15 is 0 Å². The van der Waals surface area contributed by atoms with Crippen molar-refractivity contribution in [3.05, 3.63) is 40.5 Å². The van der Waals surface area contributed by atoms with Crippen LogP contribution in [0.5, 0.6) is 5.75 Å². The Morgan fingerprint density at radius 1 is 1.33 bits per heavy atom. The maximum atomic E-state index is 12.1. The molecule has 0 bridgehead atoms. The monoisotopic (exact) mass is 343 g/mol. The summed E-state index contributed by atoms with van der Waals surface area (Å²) >= 11 is 1.30. The summed E-state index contributed by atoms with van der Waals surface area (Å²) in [5.41, 5.74) is 2.52. The number of phenols is 1. The molecule has 0 spiro atoms. The second-order valence-corrected chi connectivity index (χ2v) is 6.30. The van der Waals surface area contributed by atoms with Crippen LogP contribution in [0.1, 0.15) is 27.7 Å². The third-order valence-corrected chi connectivity index (χ3v) is 4.83. The zero-order valence-electron chi connectivity index (χ0n) is 13.6. The number of hydrogen-bond acceptors (Lipinski definition) is 7. The normalized spacial score (nSPS) is 10.8. The number of aromatic nitrogens is 2. The van der Waals surface area contributed by atoms with Gasteiger partial charge in [-0.15, -0.1) is 11.3 Å². The molecule has 7 heteroatoms. The van der Waals surface area contributed by atoms with Gasteiger partial charge in [0.2, 0.25) is 0 Å². The van der Waals surface area contributed by atoms with Crippen LogP contribution in [0.15, 0.2) is 24.5 Å². The van der Waals surface area contributed by atoms with Crippen molar-refractivity contribution in [1.82, 2.24) is 9.97 Å². The second-order valence-electron chi connectivity index (χ2n) is 5.30. The van der Waals surface area contributed by atoms with Crippen LogP contribution in [-0.2, 0) is 4.74 Å². The van der Waals surface area contributed by atoms with Gasteiger partial charge in [-0.2, -0.15) is 0 Å². The first-order valence-electron chi connectivity index (χ1n) is 7.49. The first-order chi connectivity index (χ1) is 11.5. The number of nitrogens with one attached hydrogen (secondary N) is 1. The molecule has 0 aliphatic rings. The molecule has 6 nitrogen and oxygen atoms in total. The fourth-order valence-corrected chi connectivity index (χ4v) is 3.52. The maximum absolute atomic E-state index is 12.1. The molecule has 0 unspecified atom stereocenters. The second kappa shape index (κ2) is 6.45. The standard InChI is InChI=1S/C17H17N3O3S/c1-4-23-17(22)14-10(3)13-15(18-8-19-16(13)24-14)20-12-6-5-11(21)7-9(12)2/h5-8,21H,4H2,1-3H3,(H,18,19,20). The number of carbonyl (C=O) groups is 1. The number of esters is 1. The van der Waals surface area contributed by atoms with Crippen molar-refractivity contribution in [1.29, 1.82) is 0 Å². The zero-order valence-corrected chi connectivity index (χ0v) is 14.4. The number of aromatic hydroxyl groups is 1. The van der Waals surface area contributed by atoms with Crippen molar-refractivity contribution < 1.29 is 14.6 Å². The number of aryl methyl sites for hydroxylation is 2. The van der Waals surface area contributed by atoms with Gasteiger partial charge in [0.25, 0.3) is 0 Å². The summed E-state index contributed by atoms with van der Waals surface area (Å²) in [5.74, 6) is 0.491. The highest BCUT2D eigenvalue weighted by Crippen LogP contribution is 2.35. The van der Waals surface area contributed by atoms with E-state index in [0.29, 0.717) is 17.3 Å². The first-order valence-corrected chi connectivity index (χ1v) is 8.30. The number of thiophene rings is 1. The number of ether oxygens (including phenoxy) is 1. The van der Waals surface area contributed by atoms with E-state index in [1.165, 1.54) is 17.7 Å². The van der Waals surface area contributed by atoms with Crippen LogP contribution in [0.2, 0.25) is 0 Å². The molecule has 2 heterocycles. The number of benzene rings is 1. The van der Waals surface area contributed by atoms with Crippen molar-refractivity contribution in [3.63, 3.8) is 0 Å². The first kappa shape index (κ1) is 16.2. The molecule has 3 aromatic rings. The molecule has 0 amide bonds. The molecule has 0 saturated heterocycles. The summed E-state index contributed by atoms with van der Waals surface area (Å²) in [6.45, 7) is 5.87. The van der Waals surface area contributed by atoms with Crippen LogP contribution in [-0.4, -0.2) is 27.7 Å². The van der Waals surface area contributed by atoms with Gasteiger partial charge < -0.3 is 15.2 Å². The summed E-state index contributed by atoms with van der Waals surface area (Å²) in [7, 11) is 0. The minimum Gasteiger partial charge on any atom is -0.508 e. The highest BCUT2D eigenvalue weighted by Gasteiger charge is 2.20. The van der Waals surface area contributed by atoms with Crippen LogP contribution in [0.4, 0.5) is 11.5 Å². The molecule has 2 N–H and O–H groups in total. The van der Waals surface area contributed by atoms with Gasteiger partial charge in [-0.1, -0.05) is 0 Å². The van der Waals surface area contributed by atoms with Crippen molar-refractivity contribution >= 4 is 39.0 Å². The Kier molecular flexibility index (Phi) is 4.35. The van der Waals surface area contributed by atoms with Gasteiger partial charge in [-0.3, -0.25) is 0 Å². The largest absolute Gasteiger partial charge is 0.508 e. The maximum Gasteiger partial charge on any atom is 0.348 e. The summed E-state index contributed by atoms with van der Waals surface area (Å²) in [5, 5.41) is 13.6. The summed E-state index contributed by atoms with van der Waals surface area (Å²) in [6.07, 6.45) is 1.46. The lowest BCUT2D eigenvalue weighted by Crippen LogP contribution is -2.03. The van der Waals surface area contributed by atoms with Gasteiger partial charge in [-0.05, 0) is 50.1 Å². The van der Waals surface area contributed by atoms with E-state index in [0.717, 1.165) is 27.0 Å². The van der Waals surface area contributed by atoms with Crippen LogP contribution in [0, 0.1) is 13.8 Å². The average molecular weight is 343 g/mol. The molecular weight excluding hydrogens is 326 g/mol. The Hall–Kier alpha value is -2.67. The van der Waals surface area contributed by atoms with E-state index in [-0.39, 0.29) is 11.7 Å². The minimum atomic E-state index is -0.343. The topological polar surface area (TPSA) is 84.3 Å². The van der Waals surface area contributed by atoms with E-state index in [2.05, 4.69) is 15.3 Å². The zero-order chi connectivity index (χ0) is 17.3. The van der Waals surface area contributed by atoms with Crippen LogP contribution >= 0.6 is 11.3 Å². The molecule has 3 rings (SSSR count). The van der Waals surface area contributed by atoms with E-state index in [4.69, 9.17) is 4.74 Å². The van der Waals surface area contributed by atoms with Gasteiger partial charge >= 0.3 is 5.97 Å². The van der Waals surface area contributed by atoms with Crippen LogP contribution < -0.4 is 5.32 Å². The number of phenolic OH excluding ortho intramolecular Hbond substituents is 1. The van der Waals surface area contributed by atoms with E-state index < -0.39 is 0 Å². The SMILES string of the molecule is CCOC(=O)c1sc2ncnc(Nc3ccc(O)cc3C)c2c1C. The highest BCUT2D eigenvalue weighted by molar-refractivity contribution is 7.20. The predicted octanol–water partition coefficient (Wildman–Crippen LogP) is 3.93. The molecule has 2 aromatic heterocycles. The molecule has 0 atom stereocenters. The van der Waals surface area contributed by atoms with Gasteiger partial charge in [0.15, 0.2) is 0 Å². The van der Waals surface area contributed by atoms with Gasteiger partial charge in [0, 0.05) is 5.69 Å². The molecule has 0 saturated carbocycles. The lowest BCUT2D eigenvalue weighted by molar-refractivity contribution is 0.0531. The lowest BCUT2D eigenvalue weighted by Gasteiger charge is -2.10. The fourth-order valence-electron chi connectivity index (χ4n) is 2.47. The molecular formula is C17H17N3O3S. The highest BCUT2D eigenvalue weighted by atomic mass is 32.1. The van der Waals surface area contributed by atoms with Crippen LogP contribution in [0.3, 0.4) is 0 Å². The molecule has 1 aromatic carbocycles. The molecule has 24 heavy (non-hydrogen) atoms. The number of rotatable bonds is 4. The predicted molar refractivity (Wildman–Crippen MR) is 94.2 cm³/mol. The average Bonchev–Trinajstić information content (AvgIpc) is 2.88. The van der Waals surface area contributed by atoms with Crippen molar-refractivity contribution in [2.24, 2.45) is 0 Å². The number of carbonyl (C=O) groups excluding carboxylic acids is 1. The lowest BCUT2D eigenvalue weighted by atomic mass is 10.1. The Balaban J connectivity index is 2.07. The van der Waals surface area contributed by atoms with E-state index in [9.17, 15) is 9.90 Å². The third-order valence-electron chi connectivity index (χ3n) is 3.65. The van der Waals surface area contributed by atoms with Crippen molar-refractivity contribution in [2.45, 2.75) is 20.8 Å². The summed E-state index contributed by atoms with van der Waals surface area (Å²) in [6, 6.07) is 5.07. The number of nitrogens with zero attached hydrogens (tertiary/aromatic N) is 2. The smallest absolute Gasteiger partial charge is 0.348 e. The van der Waals surface area contributed by atoms with Crippen molar-refractivity contribution in [3.8, 4) is 5.75 Å². The Morgan fingerprint density at radius 2 is 2.12 bits per heavy atom. The fraction of sp³-hybridized carbons (Fsp3) is 0.235. The summed E-state index contributed by atoms with van der Waals surface area (Å²) < 4.78 is 5.10. The Labute approximate surface area is 143 Å². The number of anilines is 2. The summed E-state index contributed by atoms with van der Waals surface area (Å²) in [4.78, 5) is 21.9. The number of fused-ring (bicyclic) bond motifs is 1. The Bertz CT molecular complexity index is 921. The minimum absolute atomic E-state index is 0.210. The molecule has 0 aliphatic carbocycles. The van der Waals surface area contributed by atoms with Crippen LogP contribution in [0.25, 0.3) is 10.2 Å². The van der Waals surface area contributed by atoms with Gasteiger partial charge in [0.05, 0.1) is 12.0 Å². The van der Waals surface area contributed by atoms with E-state index in [1.54, 1.807) is 25.1 Å². The molecule has 0 radical (unpaired) electrons. The third kappa shape index (κ3) is 2.90. The van der Waals surface area contributed by atoms with Crippen molar-refractivity contribution in [2.75, 3.05) is 11.9 Å². The molecule has 124 valence electrons. The quantitative estimate of drug-likeness (QED) is 0.551. The van der Waals surface area contributed by atoms with Gasteiger partial charge in [0.1, 0.15) is 27.6 Å². The Morgan fingerprint density at radius 3 is 2.83 bits per heavy atom. The van der Waals surface area contributed by atoms with Gasteiger partial charge in [-0.25, -0.2) is 14.8 Å². The number of hydrogen-bond donors (Lipinski definition) is 2. The van der Waals surface area contributed by atoms with E-state index in [1.807, 2.05) is 13.8 Å². The molecule has 0 fully saturated rings.